The number of anilines is 3. The molecule has 4 heteroatoms. The largest absolute Gasteiger partial charge is 0.399 e. The van der Waals surface area contributed by atoms with Crippen LogP contribution in [0.1, 0.15) is 16.7 Å². The normalized spacial score (nSPS) is 10.1. The minimum absolute atomic E-state index is 0.227. The first-order valence-corrected chi connectivity index (χ1v) is 8.66. The molecule has 1 amide bonds. The van der Waals surface area contributed by atoms with Crippen LogP contribution in [0.3, 0.4) is 0 Å². The molecule has 0 aliphatic heterocycles. The maximum atomic E-state index is 11.7. The SMILES string of the molecule is Cc1ccc(C)cc1.Nc1ccc(/C=C/C(=O)Nc2ccccc2N)cc1. The standard InChI is InChI=1S/C15H15N3O.C8H10/c16-12-8-5-11(6-9-12)7-10-15(19)18-14-4-2-1-3-13(14)17;1-7-3-5-8(2)6-4-7/h1-10H,16-17H2,(H,18,19);3-6H,1-2H3/b10-7+;. The maximum absolute atomic E-state index is 11.7. The second-order valence-electron chi connectivity index (χ2n) is 6.23. The number of hydrogen-bond donors (Lipinski definition) is 3. The fourth-order valence-electron chi connectivity index (χ4n) is 2.20. The Morgan fingerprint density at radius 3 is 1.93 bits per heavy atom. The zero-order valence-corrected chi connectivity index (χ0v) is 15.6. The summed E-state index contributed by atoms with van der Waals surface area (Å²) >= 11 is 0. The molecule has 0 bridgehead atoms. The average Bonchev–Trinajstić information content (AvgIpc) is 2.66. The van der Waals surface area contributed by atoms with Crippen LogP contribution in [-0.4, -0.2) is 5.91 Å². The Balaban J connectivity index is 0.000000273. The summed E-state index contributed by atoms with van der Waals surface area (Å²) in [7, 11) is 0. The molecule has 0 aliphatic carbocycles. The van der Waals surface area contributed by atoms with E-state index in [-0.39, 0.29) is 5.91 Å². The van der Waals surface area contributed by atoms with Crippen LogP contribution in [-0.2, 0) is 4.79 Å². The molecule has 0 atom stereocenters. The fourth-order valence-corrected chi connectivity index (χ4v) is 2.20. The number of nitrogen functional groups attached to an aromatic ring is 2. The van der Waals surface area contributed by atoms with Gasteiger partial charge in [-0.3, -0.25) is 4.79 Å². The number of amides is 1. The number of para-hydroxylation sites is 2. The van der Waals surface area contributed by atoms with Gasteiger partial charge in [-0.1, -0.05) is 59.7 Å². The molecule has 0 fully saturated rings. The van der Waals surface area contributed by atoms with Gasteiger partial charge >= 0.3 is 0 Å². The Labute approximate surface area is 160 Å². The number of nitrogens with one attached hydrogen (secondary N) is 1. The topological polar surface area (TPSA) is 81.1 Å². The molecular weight excluding hydrogens is 334 g/mol. The predicted octanol–water partition coefficient (Wildman–Crippen LogP) is 4.81. The fraction of sp³-hybridized carbons (Fsp3) is 0.0870. The second kappa shape index (κ2) is 9.82. The lowest BCUT2D eigenvalue weighted by Crippen LogP contribution is -2.09. The summed E-state index contributed by atoms with van der Waals surface area (Å²) in [6.07, 6.45) is 3.17. The Bertz CT molecular complexity index is 877. The van der Waals surface area contributed by atoms with Crippen LogP contribution in [0.4, 0.5) is 17.1 Å². The summed E-state index contributed by atoms with van der Waals surface area (Å²) in [6.45, 7) is 4.19. The highest BCUT2D eigenvalue weighted by Gasteiger charge is 2.00. The van der Waals surface area contributed by atoms with Gasteiger partial charge in [-0.2, -0.15) is 0 Å². The number of carbonyl (C=O) groups excluding carboxylic acids is 1. The van der Waals surface area contributed by atoms with Gasteiger partial charge in [0, 0.05) is 11.8 Å². The predicted molar refractivity (Wildman–Crippen MR) is 115 cm³/mol. The molecule has 0 aromatic heterocycles. The van der Waals surface area contributed by atoms with Crippen LogP contribution in [0.2, 0.25) is 0 Å². The molecule has 0 saturated carbocycles. The lowest BCUT2D eigenvalue weighted by molar-refractivity contribution is -0.111. The zero-order chi connectivity index (χ0) is 19.6. The highest BCUT2D eigenvalue weighted by molar-refractivity contribution is 6.03. The van der Waals surface area contributed by atoms with E-state index in [1.165, 1.54) is 17.2 Å². The van der Waals surface area contributed by atoms with Crippen LogP contribution < -0.4 is 16.8 Å². The number of carbonyl (C=O) groups is 1. The van der Waals surface area contributed by atoms with Crippen molar-refractivity contribution >= 4 is 29.0 Å². The van der Waals surface area contributed by atoms with E-state index in [9.17, 15) is 4.79 Å². The Hall–Kier alpha value is -3.53. The molecule has 3 rings (SSSR count). The molecule has 0 unspecified atom stereocenters. The van der Waals surface area contributed by atoms with Crippen LogP contribution in [0.15, 0.2) is 78.9 Å². The molecule has 0 radical (unpaired) electrons. The average molecular weight is 359 g/mol. The van der Waals surface area contributed by atoms with E-state index in [0.717, 1.165) is 5.56 Å². The van der Waals surface area contributed by atoms with Crippen molar-refractivity contribution < 1.29 is 4.79 Å². The minimum Gasteiger partial charge on any atom is -0.399 e. The third kappa shape index (κ3) is 7.08. The Morgan fingerprint density at radius 1 is 0.815 bits per heavy atom. The van der Waals surface area contributed by atoms with Gasteiger partial charge in [0.05, 0.1) is 11.4 Å². The van der Waals surface area contributed by atoms with Crippen molar-refractivity contribution in [3.05, 3.63) is 95.6 Å². The summed E-state index contributed by atoms with van der Waals surface area (Å²) in [4.78, 5) is 11.7. The Kier molecular flexibility index (Phi) is 7.20. The van der Waals surface area contributed by atoms with Crippen molar-refractivity contribution in [2.24, 2.45) is 0 Å². The molecule has 0 aliphatic rings. The smallest absolute Gasteiger partial charge is 0.248 e. The number of rotatable bonds is 3. The molecular formula is C23H25N3O. The van der Waals surface area contributed by atoms with Crippen molar-refractivity contribution in [3.63, 3.8) is 0 Å². The molecule has 4 nitrogen and oxygen atoms in total. The van der Waals surface area contributed by atoms with Gasteiger partial charge in [-0.05, 0) is 49.8 Å². The molecule has 5 N–H and O–H groups in total. The summed E-state index contributed by atoms with van der Waals surface area (Å²) in [6, 6.07) is 22.9. The second-order valence-corrected chi connectivity index (χ2v) is 6.23. The number of nitrogens with two attached hydrogens (primary N) is 2. The zero-order valence-electron chi connectivity index (χ0n) is 15.6. The van der Waals surface area contributed by atoms with Crippen LogP contribution >= 0.6 is 0 Å². The first-order valence-electron chi connectivity index (χ1n) is 8.66. The van der Waals surface area contributed by atoms with E-state index in [1.54, 1.807) is 30.3 Å². The highest BCUT2D eigenvalue weighted by Crippen LogP contribution is 2.16. The molecule has 27 heavy (non-hydrogen) atoms. The third-order valence-electron chi connectivity index (χ3n) is 3.80. The van der Waals surface area contributed by atoms with E-state index in [0.29, 0.717) is 17.1 Å². The van der Waals surface area contributed by atoms with Gasteiger partial charge in [-0.25, -0.2) is 0 Å². The number of benzene rings is 3. The summed E-state index contributed by atoms with van der Waals surface area (Å²) < 4.78 is 0. The molecule has 0 saturated heterocycles. The van der Waals surface area contributed by atoms with Crippen molar-refractivity contribution in [1.82, 2.24) is 0 Å². The molecule has 3 aromatic carbocycles. The van der Waals surface area contributed by atoms with Crippen molar-refractivity contribution in [2.45, 2.75) is 13.8 Å². The number of hydrogen-bond acceptors (Lipinski definition) is 3. The highest BCUT2D eigenvalue weighted by atomic mass is 16.1. The molecule has 138 valence electrons. The van der Waals surface area contributed by atoms with Gasteiger partial charge in [0.25, 0.3) is 0 Å². The monoisotopic (exact) mass is 359 g/mol. The summed E-state index contributed by atoms with van der Waals surface area (Å²) in [5.74, 6) is -0.227. The van der Waals surface area contributed by atoms with E-state index in [4.69, 9.17) is 11.5 Å². The van der Waals surface area contributed by atoms with E-state index < -0.39 is 0 Å². The molecule has 0 spiro atoms. The van der Waals surface area contributed by atoms with Crippen molar-refractivity contribution in [1.29, 1.82) is 0 Å². The van der Waals surface area contributed by atoms with Crippen LogP contribution in [0, 0.1) is 13.8 Å². The van der Waals surface area contributed by atoms with E-state index >= 15 is 0 Å². The maximum Gasteiger partial charge on any atom is 0.248 e. The van der Waals surface area contributed by atoms with Crippen molar-refractivity contribution in [3.8, 4) is 0 Å². The van der Waals surface area contributed by atoms with Gasteiger partial charge in [0.1, 0.15) is 0 Å². The first-order chi connectivity index (χ1) is 12.9. The third-order valence-corrected chi connectivity index (χ3v) is 3.80. The van der Waals surface area contributed by atoms with Crippen LogP contribution in [0.5, 0.6) is 0 Å². The minimum atomic E-state index is -0.227. The quantitative estimate of drug-likeness (QED) is 0.464. The lowest BCUT2D eigenvalue weighted by Gasteiger charge is -2.04. The van der Waals surface area contributed by atoms with E-state index in [2.05, 4.69) is 43.4 Å². The first kappa shape index (κ1) is 19.8. The van der Waals surface area contributed by atoms with Gasteiger partial charge in [0.2, 0.25) is 5.91 Å². The van der Waals surface area contributed by atoms with Gasteiger partial charge < -0.3 is 16.8 Å². The van der Waals surface area contributed by atoms with Crippen molar-refractivity contribution in [2.75, 3.05) is 16.8 Å². The Morgan fingerprint density at radius 2 is 1.37 bits per heavy atom. The van der Waals surface area contributed by atoms with E-state index in [1.807, 2.05) is 24.3 Å². The summed E-state index contributed by atoms with van der Waals surface area (Å²) in [5, 5.41) is 2.72. The van der Waals surface area contributed by atoms with Gasteiger partial charge in [-0.15, -0.1) is 0 Å². The summed E-state index contributed by atoms with van der Waals surface area (Å²) in [5.41, 5.74) is 16.7. The van der Waals surface area contributed by atoms with Crippen LogP contribution in [0.25, 0.3) is 6.08 Å². The molecule has 0 heterocycles. The lowest BCUT2D eigenvalue weighted by atomic mass is 10.2. The van der Waals surface area contributed by atoms with Gasteiger partial charge in [0.15, 0.2) is 0 Å². The number of aryl methyl sites for hydroxylation is 2. The molecule has 3 aromatic rings.